The number of hydrogen-bond donors (Lipinski definition) is 1. The van der Waals surface area contributed by atoms with Crippen LogP contribution < -0.4 is 9.47 Å². The molecule has 1 aliphatic carbocycles. The van der Waals surface area contributed by atoms with Gasteiger partial charge in [-0.25, -0.2) is 0 Å². The Kier molecular flexibility index (Phi) is 2.78. The van der Waals surface area contributed by atoms with Crippen LogP contribution >= 0.6 is 15.9 Å². The van der Waals surface area contributed by atoms with E-state index in [0.29, 0.717) is 59.4 Å². The Balaban J connectivity index is 2.25. The average molecular weight is 327 g/mol. The van der Waals surface area contributed by atoms with Crippen LogP contribution in [0.1, 0.15) is 28.8 Å². The van der Waals surface area contributed by atoms with Crippen LogP contribution in [0.4, 0.5) is 0 Å². The molecule has 1 heterocycles. The van der Waals surface area contributed by atoms with E-state index in [1.807, 2.05) is 0 Å². The normalized spacial score (nSPS) is 18.8. The van der Waals surface area contributed by atoms with Gasteiger partial charge in [-0.15, -0.1) is 0 Å². The molecule has 1 aromatic rings. The van der Waals surface area contributed by atoms with Crippen molar-refractivity contribution >= 4 is 28.2 Å². The van der Waals surface area contributed by atoms with Gasteiger partial charge in [0.2, 0.25) is 0 Å². The summed E-state index contributed by atoms with van der Waals surface area (Å²) in [6, 6.07) is 1.60. The molecule has 6 heteroatoms. The van der Waals surface area contributed by atoms with Crippen LogP contribution in [-0.2, 0) is 10.2 Å². The molecule has 0 aromatic heterocycles. The zero-order valence-corrected chi connectivity index (χ0v) is 11.5. The maximum atomic E-state index is 11.5. The van der Waals surface area contributed by atoms with Gasteiger partial charge in [0, 0.05) is 10.0 Å². The summed E-state index contributed by atoms with van der Waals surface area (Å²) in [4.78, 5) is 22.6. The fourth-order valence-electron chi connectivity index (χ4n) is 2.43. The van der Waals surface area contributed by atoms with Gasteiger partial charge in [-0.05, 0) is 18.9 Å². The summed E-state index contributed by atoms with van der Waals surface area (Å²) in [5.74, 6) is -0.127. The monoisotopic (exact) mass is 326 g/mol. The van der Waals surface area contributed by atoms with Crippen molar-refractivity contribution < 1.29 is 24.2 Å². The Morgan fingerprint density at radius 2 is 1.95 bits per heavy atom. The second-order valence-electron chi connectivity index (χ2n) is 4.68. The average Bonchev–Trinajstić information content (AvgIpc) is 3.19. The van der Waals surface area contributed by atoms with Crippen molar-refractivity contribution in [3.63, 3.8) is 0 Å². The van der Waals surface area contributed by atoms with E-state index in [4.69, 9.17) is 9.47 Å². The molecule has 3 rings (SSSR count). The van der Waals surface area contributed by atoms with Crippen LogP contribution in [-0.4, -0.2) is 30.6 Å². The topological polar surface area (TPSA) is 72.8 Å². The van der Waals surface area contributed by atoms with E-state index >= 15 is 0 Å². The number of aliphatic carboxylic acids is 1. The maximum absolute atomic E-state index is 11.5. The fourth-order valence-corrected chi connectivity index (χ4v) is 3.24. The number of hydrogen-bond acceptors (Lipinski definition) is 4. The fraction of sp³-hybridized carbons (Fsp3) is 0.385. The molecular weight excluding hydrogens is 316 g/mol. The molecule has 1 N–H and O–H groups in total. The van der Waals surface area contributed by atoms with Crippen molar-refractivity contribution in [3.8, 4) is 11.5 Å². The zero-order chi connectivity index (χ0) is 13.6. The van der Waals surface area contributed by atoms with Crippen LogP contribution in [0.25, 0.3) is 0 Å². The van der Waals surface area contributed by atoms with E-state index in [-0.39, 0.29) is 0 Å². The van der Waals surface area contributed by atoms with Crippen molar-refractivity contribution in [3.05, 3.63) is 21.7 Å². The number of fused-ring (bicyclic) bond motifs is 1. The number of carboxylic acid groups (broad SMARTS) is 1. The standard InChI is InChI=1S/C13H11BrO5/c14-8-5-7(6-15)10-11(19-4-3-18-10)9(8)13(1-2-13)12(16)17/h5-6H,1-4H2,(H,16,17). The highest BCUT2D eigenvalue weighted by Gasteiger charge is 2.55. The number of benzene rings is 1. The summed E-state index contributed by atoms with van der Waals surface area (Å²) in [5.41, 5.74) is 0.0391. The van der Waals surface area contributed by atoms with Crippen LogP contribution in [0.5, 0.6) is 11.5 Å². The Labute approximate surface area is 117 Å². The van der Waals surface area contributed by atoms with Gasteiger partial charge in [0.1, 0.15) is 13.2 Å². The first-order valence-corrected chi connectivity index (χ1v) is 6.70. The van der Waals surface area contributed by atoms with Crippen molar-refractivity contribution in [1.29, 1.82) is 0 Å². The molecule has 0 bridgehead atoms. The lowest BCUT2D eigenvalue weighted by atomic mass is 9.93. The van der Waals surface area contributed by atoms with Crippen LogP contribution in [0, 0.1) is 0 Å². The summed E-state index contributed by atoms with van der Waals surface area (Å²) >= 11 is 3.35. The quantitative estimate of drug-likeness (QED) is 0.861. The van der Waals surface area contributed by atoms with Crippen LogP contribution in [0.15, 0.2) is 10.5 Å². The Hall–Kier alpha value is -1.56. The van der Waals surface area contributed by atoms with E-state index in [1.54, 1.807) is 6.07 Å². The number of carbonyl (C=O) groups is 2. The maximum Gasteiger partial charge on any atom is 0.314 e. The molecule has 1 saturated carbocycles. The summed E-state index contributed by atoms with van der Waals surface area (Å²) in [6.45, 7) is 0.708. The smallest absolute Gasteiger partial charge is 0.314 e. The Morgan fingerprint density at radius 3 is 2.47 bits per heavy atom. The lowest BCUT2D eigenvalue weighted by Crippen LogP contribution is -2.25. The third-order valence-electron chi connectivity index (χ3n) is 3.56. The largest absolute Gasteiger partial charge is 0.486 e. The van der Waals surface area contributed by atoms with Gasteiger partial charge < -0.3 is 14.6 Å². The molecule has 1 aromatic carbocycles. The predicted molar refractivity (Wildman–Crippen MR) is 69.1 cm³/mol. The first kappa shape index (κ1) is 12.5. The number of carbonyl (C=O) groups excluding carboxylic acids is 1. The molecule has 5 nitrogen and oxygen atoms in total. The number of carboxylic acids is 1. The Morgan fingerprint density at radius 1 is 1.32 bits per heavy atom. The van der Waals surface area contributed by atoms with Gasteiger partial charge in [0.05, 0.1) is 11.0 Å². The first-order valence-electron chi connectivity index (χ1n) is 5.91. The molecule has 100 valence electrons. The summed E-state index contributed by atoms with van der Waals surface area (Å²) in [7, 11) is 0. The summed E-state index contributed by atoms with van der Waals surface area (Å²) in [5, 5.41) is 9.42. The van der Waals surface area contributed by atoms with E-state index in [2.05, 4.69) is 15.9 Å². The van der Waals surface area contributed by atoms with E-state index in [1.165, 1.54) is 0 Å². The van der Waals surface area contributed by atoms with Gasteiger partial charge in [0.25, 0.3) is 0 Å². The molecule has 1 aliphatic heterocycles. The van der Waals surface area contributed by atoms with Gasteiger partial charge in [-0.1, -0.05) is 15.9 Å². The number of rotatable bonds is 3. The second kappa shape index (κ2) is 4.23. The van der Waals surface area contributed by atoms with Crippen molar-refractivity contribution in [1.82, 2.24) is 0 Å². The summed E-state index contributed by atoms with van der Waals surface area (Å²) < 4.78 is 11.6. The lowest BCUT2D eigenvalue weighted by Gasteiger charge is -2.25. The molecule has 0 saturated heterocycles. The van der Waals surface area contributed by atoms with Crippen molar-refractivity contribution in [2.75, 3.05) is 13.2 Å². The molecular formula is C13H11BrO5. The zero-order valence-electron chi connectivity index (χ0n) is 9.94. The molecule has 1 fully saturated rings. The highest BCUT2D eigenvalue weighted by molar-refractivity contribution is 9.10. The molecule has 0 spiro atoms. The van der Waals surface area contributed by atoms with Gasteiger partial charge >= 0.3 is 5.97 Å². The first-order chi connectivity index (χ1) is 9.10. The van der Waals surface area contributed by atoms with Gasteiger partial charge in [-0.2, -0.15) is 0 Å². The molecule has 0 unspecified atom stereocenters. The Bertz CT molecular complexity index is 577. The summed E-state index contributed by atoms with van der Waals surface area (Å²) in [6.07, 6.45) is 1.82. The van der Waals surface area contributed by atoms with E-state index < -0.39 is 11.4 Å². The number of ether oxygens (including phenoxy) is 2. The number of halogens is 1. The highest BCUT2D eigenvalue weighted by Crippen LogP contribution is 2.57. The lowest BCUT2D eigenvalue weighted by molar-refractivity contribution is -0.140. The third-order valence-corrected chi connectivity index (χ3v) is 4.18. The highest BCUT2D eigenvalue weighted by atomic mass is 79.9. The molecule has 0 atom stereocenters. The third kappa shape index (κ3) is 1.74. The molecule has 2 aliphatic rings. The van der Waals surface area contributed by atoms with Crippen LogP contribution in [0.3, 0.4) is 0 Å². The predicted octanol–water partition coefficient (Wildman–Crippen LogP) is 2.15. The number of aldehydes is 1. The van der Waals surface area contributed by atoms with E-state index in [0.717, 1.165) is 0 Å². The van der Waals surface area contributed by atoms with Gasteiger partial charge in [0.15, 0.2) is 17.8 Å². The molecule has 0 radical (unpaired) electrons. The SMILES string of the molecule is O=Cc1cc(Br)c(C2(C(=O)O)CC2)c2c1OCCO2. The minimum atomic E-state index is -0.912. The minimum Gasteiger partial charge on any atom is -0.486 e. The molecule has 0 amide bonds. The van der Waals surface area contributed by atoms with E-state index in [9.17, 15) is 14.7 Å². The minimum absolute atomic E-state index is 0.352. The van der Waals surface area contributed by atoms with Crippen molar-refractivity contribution in [2.24, 2.45) is 0 Å². The van der Waals surface area contributed by atoms with Crippen LogP contribution in [0.2, 0.25) is 0 Å². The van der Waals surface area contributed by atoms with Gasteiger partial charge in [-0.3, -0.25) is 9.59 Å². The van der Waals surface area contributed by atoms with Crippen molar-refractivity contribution in [2.45, 2.75) is 18.3 Å². The second-order valence-corrected chi connectivity index (χ2v) is 5.54. The molecule has 19 heavy (non-hydrogen) atoms.